The van der Waals surface area contributed by atoms with Gasteiger partial charge < -0.3 is 10.9 Å². The molecule has 0 unspecified atom stereocenters. The number of nitrogens with two attached hydrogens (primary N) is 1. The third kappa shape index (κ3) is 6.66. The van der Waals surface area contributed by atoms with E-state index in [0.717, 1.165) is 18.6 Å². The first-order valence-electron chi connectivity index (χ1n) is 5.31. The number of amidine groups is 1. The third-order valence-corrected chi connectivity index (χ3v) is 3.64. The van der Waals surface area contributed by atoms with Gasteiger partial charge in [-0.2, -0.15) is 11.8 Å². The van der Waals surface area contributed by atoms with E-state index in [1.54, 1.807) is 0 Å². The van der Waals surface area contributed by atoms with Gasteiger partial charge in [-0.1, -0.05) is 39.8 Å². The Hall–Kier alpha value is -0.380. The molecule has 0 fully saturated rings. The van der Waals surface area contributed by atoms with E-state index in [2.05, 4.69) is 25.9 Å². The summed E-state index contributed by atoms with van der Waals surface area (Å²) >= 11 is 1.95. The number of hydrogen-bond donors (Lipinski definition) is 2. The zero-order chi connectivity index (χ0) is 12.1. The minimum atomic E-state index is -0.201. The fourth-order valence-electron chi connectivity index (χ4n) is 1.16. The molecule has 4 heteroatoms. The van der Waals surface area contributed by atoms with Crippen LogP contribution in [0.2, 0.25) is 0 Å². The van der Waals surface area contributed by atoms with Crippen molar-refractivity contribution >= 4 is 17.6 Å². The van der Waals surface area contributed by atoms with Crippen LogP contribution >= 0.6 is 11.8 Å². The average molecular weight is 232 g/mol. The van der Waals surface area contributed by atoms with Gasteiger partial charge >= 0.3 is 0 Å². The summed E-state index contributed by atoms with van der Waals surface area (Å²) in [5.41, 5.74) is 5.41. The lowest BCUT2D eigenvalue weighted by molar-refractivity contribution is 0.305. The van der Waals surface area contributed by atoms with Crippen molar-refractivity contribution in [1.82, 2.24) is 0 Å². The van der Waals surface area contributed by atoms with Gasteiger partial charge in [0.2, 0.25) is 0 Å². The second-order valence-corrected chi connectivity index (χ2v) is 7.36. The Balaban J connectivity index is 3.87. The van der Waals surface area contributed by atoms with Crippen molar-refractivity contribution in [2.45, 2.75) is 52.2 Å². The summed E-state index contributed by atoms with van der Waals surface area (Å²) in [6.07, 6.45) is 2.04. The predicted molar refractivity (Wildman–Crippen MR) is 68.6 cm³/mol. The number of thioether (sulfide) groups is 1. The standard InChI is InChI=1S/C11H24N2OS/c1-10(2,3)15-8-6-7-11(4,5)9(12)13-14/h14H,6-8H2,1-5H3,(H2,12,13). The van der Waals surface area contributed by atoms with Crippen LogP contribution < -0.4 is 5.73 Å². The van der Waals surface area contributed by atoms with Gasteiger partial charge in [0, 0.05) is 10.2 Å². The molecule has 0 aromatic heterocycles. The van der Waals surface area contributed by atoms with E-state index in [0.29, 0.717) is 10.6 Å². The van der Waals surface area contributed by atoms with E-state index in [9.17, 15) is 0 Å². The van der Waals surface area contributed by atoms with Gasteiger partial charge in [-0.3, -0.25) is 0 Å². The number of hydrogen-bond acceptors (Lipinski definition) is 3. The quantitative estimate of drug-likeness (QED) is 0.252. The summed E-state index contributed by atoms with van der Waals surface area (Å²) in [4.78, 5) is 0. The molecule has 3 N–H and O–H groups in total. The normalized spacial score (nSPS) is 14.3. The van der Waals surface area contributed by atoms with Crippen molar-refractivity contribution in [3.05, 3.63) is 0 Å². The molecule has 0 bridgehead atoms. The Labute approximate surface area is 97.5 Å². The van der Waals surface area contributed by atoms with Crippen molar-refractivity contribution in [3.8, 4) is 0 Å². The molecule has 0 aliphatic rings. The smallest absolute Gasteiger partial charge is 0.144 e. The fraction of sp³-hybridized carbons (Fsp3) is 0.909. The molecule has 0 rings (SSSR count). The van der Waals surface area contributed by atoms with Crippen LogP contribution in [0.3, 0.4) is 0 Å². The Morgan fingerprint density at radius 2 is 1.80 bits per heavy atom. The van der Waals surface area contributed by atoms with Gasteiger partial charge in [-0.15, -0.1) is 0 Å². The fourth-order valence-corrected chi connectivity index (χ4v) is 2.06. The first-order chi connectivity index (χ1) is 6.69. The van der Waals surface area contributed by atoms with E-state index in [-0.39, 0.29) is 5.41 Å². The second kappa shape index (κ2) is 5.64. The SMILES string of the molecule is CC(C)(C)SCCCC(C)(C)C(N)=NO. The van der Waals surface area contributed by atoms with Crippen molar-refractivity contribution in [3.63, 3.8) is 0 Å². The van der Waals surface area contributed by atoms with Crippen LogP contribution in [0.15, 0.2) is 5.16 Å². The Morgan fingerprint density at radius 1 is 1.27 bits per heavy atom. The number of nitrogens with zero attached hydrogens (tertiary/aromatic N) is 1. The van der Waals surface area contributed by atoms with Gasteiger partial charge in [-0.25, -0.2) is 0 Å². The predicted octanol–water partition coefficient (Wildman–Crippen LogP) is 3.07. The topological polar surface area (TPSA) is 58.6 Å². The van der Waals surface area contributed by atoms with Crippen LogP contribution in [0.25, 0.3) is 0 Å². The summed E-state index contributed by atoms with van der Waals surface area (Å²) in [5, 5.41) is 11.7. The Bertz CT molecular complexity index is 219. The highest BCUT2D eigenvalue weighted by Crippen LogP contribution is 2.28. The molecule has 0 radical (unpaired) electrons. The van der Waals surface area contributed by atoms with E-state index in [1.807, 2.05) is 25.6 Å². The summed E-state index contributed by atoms with van der Waals surface area (Å²) < 4.78 is 0.320. The molecule has 15 heavy (non-hydrogen) atoms. The molecule has 0 atom stereocenters. The van der Waals surface area contributed by atoms with E-state index in [1.165, 1.54) is 0 Å². The van der Waals surface area contributed by atoms with E-state index in [4.69, 9.17) is 10.9 Å². The zero-order valence-corrected chi connectivity index (χ0v) is 11.3. The minimum Gasteiger partial charge on any atom is -0.409 e. The molecule has 90 valence electrons. The van der Waals surface area contributed by atoms with Crippen LogP contribution in [0.5, 0.6) is 0 Å². The van der Waals surface area contributed by atoms with E-state index >= 15 is 0 Å². The first kappa shape index (κ1) is 14.6. The van der Waals surface area contributed by atoms with Crippen LogP contribution in [-0.2, 0) is 0 Å². The van der Waals surface area contributed by atoms with Crippen molar-refractivity contribution in [2.24, 2.45) is 16.3 Å². The molecule has 0 aliphatic carbocycles. The monoisotopic (exact) mass is 232 g/mol. The molecule has 0 aromatic rings. The maximum atomic E-state index is 8.61. The van der Waals surface area contributed by atoms with Gasteiger partial charge in [0.15, 0.2) is 0 Å². The molecule has 0 saturated carbocycles. The van der Waals surface area contributed by atoms with Crippen molar-refractivity contribution in [2.75, 3.05) is 5.75 Å². The molecule has 0 spiro atoms. The van der Waals surface area contributed by atoms with Gasteiger partial charge in [0.25, 0.3) is 0 Å². The molecule has 0 aliphatic heterocycles. The lowest BCUT2D eigenvalue weighted by atomic mass is 9.87. The third-order valence-electron chi connectivity index (χ3n) is 2.28. The highest BCUT2D eigenvalue weighted by Gasteiger charge is 2.23. The highest BCUT2D eigenvalue weighted by molar-refractivity contribution is 8.00. The zero-order valence-electron chi connectivity index (χ0n) is 10.5. The van der Waals surface area contributed by atoms with Gasteiger partial charge in [0.05, 0.1) is 0 Å². The lowest BCUT2D eigenvalue weighted by Gasteiger charge is -2.24. The maximum absolute atomic E-state index is 8.61. The number of rotatable bonds is 5. The van der Waals surface area contributed by atoms with Crippen LogP contribution in [0, 0.1) is 5.41 Å². The number of oxime groups is 1. The van der Waals surface area contributed by atoms with Crippen LogP contribution in [-0.4, -0.2) is 21.5 Å². The average Bonchev–Trinajstić information content (AvgIpc) is 2.09. The largest absolute Gasteiger partial charge is 0.409 e. The maximum Gasteiger partial charge on any atom is 0.144 e. The Kier molecular flexibility index (Phi) is 5.49. The van der Waals surface area contributed by atoms with Crippen LogP contribution in [0.4, 0.5) is 0 Å². The molecular weight excluding hydrogens is 208 g/mol. The van der Waals surface area contributed by atoms with Crippen molar-refractivity contribution in [1.29, 1.82) is 0 Å². The van der Waals surface area contributed by atoms with Gasteiger partial charge in [0.1, 0.15) is 5.84 Å². The molecule has 0 aromatic carbocycles. The summed E-state index contributed by atoms with van der Waals surface area (Å²) in [7, 11) is 0. The summed E-state index contributed by atoms with van der Waals surface area (Å²) in [6.45, 7) is 10.7. The molecular formula is C11H24N2OS. The molecule has 0 amide bonds. The first-order valence-corrected chi connectivity index (χ1v) is 6.29. The molecule has 3 nitrogen and oxygen atoms in total. The Morgan fingerprint density at radius 3 is 2.20 bits per heavy atom. The minimum absolute atomic E-state index is 0.201. The van der Waals surface area contributed by atoms with Crippen molar-refractivity contribution < 1.29 is 5.21 Å². The van der Waals surface area contributed by atoms with Gasteiger partial charge in [-0.05, 0) is 18.6 Å². The molecule has 0 saturated heterocycles. The summed E-state index contributed by atoms with van der Waals surface area (Å²) in [6, 6.07) is 0. The van der Waals surface area contributed by atoms with Crippen LogP contribution in [0.1, 0.15) is 47.5 Å². The van der Waals surface area contributed by atoms with E-state index < -0.39 is 0 Å². The summed E-state index contributed by atoms with van der Waals surface area (Å²) in [5.74, 6) is 1.44. The molecule has 0 heterocycles. The highest BCUT2D eigenvalue weighted by atomic mass is 32.2. The lowest BCUT2D eigenvalue weighted by Crippen LogP contribution is -2.32. The second-order valence-electron chi connectivity index (χ2n) is 5.43.